The summed E-state index contributed by atoms with van der Waals surface area (Å²) in [5.74, 6) is 0.725. The number of aliphatic hydroxyl groups is 2. The van der Waals surface area contributed by atoms with Crippen LogP contribution in [-0.2, 0) is 0 Å². The van der Waals surface area contributed by atoms with Gasteiger partial charge in [-0.15, -0.1) is 0 Å². The van der Waals surface area contributed by atoms with Crippen molar-refractivity contribution in [1.82, 2.24) is 0 Å². The molecule has 0 aliphatic carbocycles. The van der Waals surface area contributed by atoms with Gasteiger partial charge >= 0.3 is 0 Å². The van der Waals surface area contributed by atoms with Crippen molar-refractivity contribution in [3.63, 3.8) is 0 Å². The Morgan fingerprint density at radius 1 is 0.781 bits per heavy atom. The van der Waals surface area contributed by atoms with E-state index in [-0.39, 0.29) is 6.61 Å². The molecule has 0 bridgehead atoms. The highest BCUT2D eigenvalue weighted by Crippen LogP contribution is 2.26. The SMILES string of the molecule is CC(=C=CO)CCC=C(C)CCCC(C)CC(CCC(C)=CCCC(C)=CCO)=C(C)C. The van der Waals surface area contributed by atoms with E-state index >= 15 is 0 Å². The van der Waals surface area contributed by atoms with Gasteiger partial charge in [0.25, 0.3) is 0 Å². The van der Waals surface area contributed by atoms with Crippen LogP contribution < -0.4 is 0 Å². The lowest BCUT2D eigenvalue weighted by Crippen LogP contribution is -2.00. The Kier molecular flexibility index (Phi) is 17.7. The van der Waals surface area contributed by atoms with E-state index in [9.17, 15) is 0 Å². The Morgan fingerprint density at radius 2 is 1.38 bits per heavy atom. The van der Waals surface area contributed by atoms with Gasteiger partial charge in [0.2, 0.25) is 0 Å². The fourth-order valence-corrected chi connectivity index (χ4v) is 3.88. The molecule has 0 saturated carbocycles. The predicted molar refractivity (Wildman–Crippen MR) is 142 cm³/mol. The van der Waals surface area contributed by atoms with Gasteiger partial charge in [-0.25, -0.2) is 0 Å². The van der Waals surface area contributed by atoms with E-state index in [1.54, 1.807) is 5.57 Å². The van der Waals surface area contributed by atoms with E-state index in [4.69, 9.17) is 10.2 Å². The molecular weight excluding hydrogens is 392 g/mol. The first-order valence-corrected chi connectivity index (χ1v) is 12.5. The molecular formula is C30H50O2. The zero-order valence-electron chi connectivity index (χ0n) is 22.1. The van der Waals surface area contributed by atoms with Gasteiger partial charge in [-0.05, 0) is 111 Å². The molecule has 0 amide bonds. The molecule has 2 heteroatoms. The number of rotatable bonds is 16. The monoisotopic (exact) mass is 442 g/mol. The summed E-state index contributed by atoms with van der Waals surface area (Å²) in [4.78, 5) is 0. The minimum Gasteiger partial charge on any atom is -0.507 e. The standard InChI is InChI=1S/C30H50O2/c1-24(2)30(18-17-26(4)13-9-15-28(6)20-22-32)23-29(7)16-10-12-25(3)11-8-14-27(5)19-21-31/h11,13,20-21,29,31-32H,8-10,12,14-18,22-23H2,1-7H3. The van der Waals surface area contributed by atoms with Crippen LogP contribution in [0.15, 0.2) is 63.7 Å². The lowest BCUT2D eigenvalue weighted by atomic mass is 9.89. The highest BCUT2D eigenvalue weighted by molar-refractivity contribution is 5.13. The molecule has 0 aromatic carbocycles. The molecule has 0 radical (unpaired) electrons. The highest BCUT2D eigenvalue weighted by atomic mass is 16.2. The Balaban J connectivity index is 4.38. The highest BCUT2D eigenvalue weighted by Gasteiger charge is 2.08. The number of allylic oxidation sites excluding steroid dienone is 8. The topological polar surface area (TPSA) is 40.5 Å². The average Bonchev–Trinajstić information content (AvgIpc) is 2.71. The Bertz CT molecular complexity index is 705. The third-order valence-corrected chi connectivity index (χ3v) is 6.19. The summed E-state index contributed by atoms with van der Waals surface area (Å²) in [6.07, 6.45) is 19.0. The summed E-state index contributed by atoms with van der Waals surface area (Å²) >= 11 is 0. The van der Waals surface area contributed by atoms with Crippen LogP contribution in [0.1, 0.15) is 113 Å². The lowest BCUT2D eigenvalue weighted by molar-refractivity contribution is 0.341. The van der Waals surface area contributed by atoms with Crippen LogP contribution in [0.25, 0.3) is 0 Å². The van der Waals surface area contributed by atoms with E-state index < -0.39 is 0 Å². The van der Waals surface area contributed by atoms with Crippen LogP contribution in [0.2, 0.25) is 0 Å². The van der Waals surface area contributed by atoms with Gasteiger partial charge in [0.05, 0.1) is 6.61 Å². The molecule has 182 valence electrons. The van der Waals surface area contributed by atoms with Crippen molar-refractivity contribution in [3.8, 4) is 0 Å². The molecule has 0 spiro atoms. The van der Waals surface area contributed by atoms with Crippen molar-refractivity contribution in [2.75, 3.05) is 6.61 Å². The quantitative estimate of drug-likeness (QED) is 0.142. The van der Waals surface area contributed by atoms with E-state index in [1.165, 1.54) is 54.4 Å². The first-order valence-electron chi connectivity index (χ1n) is 12.5. The van der Waals surface area contributed by atoms with Gasteiger partial charge < -0.3 is 10.2 Å². The second-order valence-electron chi connectivity index (χ2n) is 9.77. The zero-order chi connectivity index (χ0) is 24.4. The molecule has 0 fully saturated rings. The first-order chi connectivity index (χ1) is 15.2. The Labute approximate surface area is 199 Å². The molecule has 0 saturated heterocycles. The molecule has 0 aliphatic heterocycles. The molecule has 0 rings (SSSR count). The van der Waals surface area contributed by atoms with Gasteiger partial charge in [-0.1, -0.05) is 65.2 Å². The number of hydrogen-bond acceptors (Lipinski definition) is 2. The fourth-order valence-electron chi connectivity index (χ4n) is 3.88. The maximum absolute atomic E-state index is 8.95. The van der Waals surface area contributed by atoms with Crippen molar-refractivity contribution in [2.45, 2.75) is 113 Å². The number of hydrogen-bond donors (Lipinski definition) is 2. The molecule has 1 unspecified atom stereocenters. The first kappa shape index (κ1) is 30.2. The fraction of sp³-hybridized carbons (Fsp3) is 0.633. The maximum Gasteiger partial charge on any atom is 0.121 e. The van der Waals surface area contributed by atoms with Crippen molar-refractivity contribution in [1.29, 1.82) is 0 Å². The van der Waals surface area contributed by atoms with E-state index in [1.807, 2.05) is 13.0 Å². The molecule has 0 aromatic heterocycles. The van der Waals surface area contributed by atoms with Crippen molar-refractivity contribution < 1.29 is 10.2 Å². The van der Waals surface area contributed by atoms with Gasteiger partial charge in [0.15, 0.2) is 0 Å². The number of aliphatic hydroxyl groups excluding tert-OH is 2. The molecule has 0 heterocycles. The molecule has 0 aliphatic rings. The minimum atomic E-state index is 0.146. The summed E-state index contributed by atoms with van der Waals surface area (Å²) in [7, 11) is 0. The van der Waals surface area contributed by atoms with Crippen LogP contribution >= 0.6 is 0 Å². The molecule has 0 aromatic rings. The second kappa shape index (κ2) is 18.8. The van der Waals surface area contributed by atoms with Crippen molar-refractivity contribution >= 4 is 0 Å². The Hall–Kier alpha value is -1.76. The molecule has 1 atom stereocenters. The zero-order valence-corrected chi connectivity index (χ0v) is 22.1. The minimum absolute atomic E-state index is 0.146. The normalized spacial score (nSPS) is 13.6. The lowest BCUT2D eigenvalue weighted by Gasteiger charge is -2.17. The van der Waals surface area contributed by atoms with Crippen LogP contribution in [0.5, 0.6) is 0 Å². The summed E-state index contributed by atoms with van der Waals surface area (Å²) in [6, 6.07) is 0. The molecule has 2 N–H and O–H groups in total. The van der Waals surface area contributed by atoms with Crippen LogP contribution in [0.3, 0.4) is 0 Å². The van der Waals surface area contributed by atoms with E-state index in [2.05, 4.69) is 59.4 Å². The second-order valence-corrected chi connectivity index (χ2v) is 9.77. The van der Waals surface area contributed by atoms with Gasteiger partial charge in [-0.2, -0.15) is 0 Å². The van der Waals surface area contributed by atoms with Gasteiger partial charge in [0.1, 0.15) is 6.26 Å². The van der Waals surface area contributed by atoms with Crippen LogP contribution in [0, 0.1) is 5.92 Å². The third-order valence-electron chi connectivity index (χ3n) is 6.19. The van der Waals surface area contributed by atoms with E-state index in [0.717, 1.165) is 49.9 Å². The molecule has 32 heavy (non-hydrogen) atoms. The van der Waals surface area contributed by atoms with Gasteiger partial charge in [-0.3, -0.25) is 0 Å². The molecule has 2 nitrogen and oxygen atoms in total. The summed E-state index contributed by atoms with van der Waals surface area (Å²) in [6.45, 7) is 15.7. The summed E-state index contributed by atoms with van der Waals surface area (Å²) < 4.78 is 0. The van der Waals surface area contributed by atoms with Crippen molar-refractivity contribution in [3.05, 3.63) is 63.7 Å². The Morgan fingerprint density at radius 3 is 1.97 bits per heavy atom. The van der Waals surface area contributed by atoms with Crippen molar-refractivity contribution in [2.24, 2.45) is 5.92 Å². The summed E-state index contributed by atoms with van der Waals surface area (Å²) in [5.41, 5.74) is 11.3. The van der Waals surface area contributed by atoms with E-state index in [0.29, 0.717) is 0 Å². The van der Waals surface area contributed by atoms with Crippen LogP contribution in [0.4, 0.5) is 0 Å². The van der Waals surface area contributed by atoms with Crippen LogP contribution in [-0.4, -0.2) is 16.8 Å². The average molecular weight is 443 g/mol. The third kappa shape index (κ3) is 16.9. The van der Waals surface area contributed by atoms with Gasteiger partial charge in [0, 0.05) is 0 Å². The summed E-state index contributed by atoms with van der Waals surface area (Å²) in [5, 5.41) is 17.7. The smallest absolute Gasteiger partial charge is 0.121 e. The maximum atomic E-state index is 8.95. The largest absolute Gasteiger partial charge is 0.507 e. The predicted octanol–water partition coefficient (Wildman–Crippen LogP) is 9.31.